The predicted octanol–water partition coefficient (Wildman–Crippen LogP) is 1.28. The molecule has 0 radical (unpaired) electrons. The Morgan fingerprint density at radius 3 is 2.44 bits per heavy atom. The van der Waals surface area contributed by atoms with Gasteiger partial charge in [-0.1, -0.05) is 0 Å². The van der Waals surface area contributed by atoms with Gasteiger partial charge in [0.15, 0.2) is 0 Å². The molecule has 4 nitrogen and oxygen atoms in total. The van der Waals surface area contributed by atoms with Crippen molar-refractivity contribution in [3.63, 3.8) is 0 Å². The van der Waals surface area contributed by atoms with Gasteiger partial charge in [-0.05, 0) is 33.8 Å². The lowest BCUT2D eigenvalue weighted by molar-refractivity contribution is 0.350. The quantitative estimate of drug-likeness (QED) is 0.774. The minimum Gasteiger partial charge on any atom is -0.338 e. The van der Waals surface area contributed by atoms with Crippen LogP contribution in [0.3, 0.4) is 0 Å². The van der Waals surface area contributed by atoms with Crippen molar-refractivity contribution in [2.75, 3.05) is 24.5 Å². The number of rotatable bonds is 1. The van der Waals surface area contributed by atoms with Gasteiger partial charge >= 0.3 is 0 Å². The third kappa shape index (κ3) is 2.50. The molecule has 16 heavy (non-hydrogen) atoms. The second kappa shape index (κ2) is 4.01. The van der Waals surface area contributed by atoms with Crippen molar-refractivity contribution < 1.29 is 0 Å². The minimum atomic E-state index is 0.138. The fourth-order valence-electron chi connectivity index (χ4n) is 2.16. The SMILES string of the molecule is Cc1cc(C)nc(N2CCNC(C)(C)C2)n1. The highest BCUT2D eigenvalue weighted by Gasteiger charge is 2.27. The number of nitrogens with one attached hydrogen (secondary N) is 1. The van der Waals surface area contributed by atoms with Gasteiger partial charge in [0.05, 0.1) is 0 Å². The van der Waals surface area contributed by atoms with E-state index in [1.165, 1.54) is 0 Å². The predicted molar refractivity (Wildman–Crippen MR) is 65.8 cm³/mol. The lowest BCUT2D eigenvalue weighted by Gasteiger charge is -2.39. The van der Waals surface area contributed by atoms with Crippen molar-refractivity contribution in [3.8, 4) is 0 Å². The van der Waals surface area contributed by atoms with Crippen molar-refractivity contribution in [2.45, 2.75) is 33.2 Å². The van der Waals surface area contributed by atoms with E-state index in [0.717, 1.165) is 37.0 Å². The molecule has 0 amide bonds. The highest BCUT2D eigenvalue weighted by Crippen LogP contribution is 2.16. The summed E-state index contributed by atoms with van der Waals surface area (Å²) in [5.74, 6) is 0.868. The van der Waals surface area contributed by atoms with Crippen molar-refractivity contribution in [3.05, 3.63) is 17.5 Å². The zero-order chi connectivity index (χ0) is 11.8. The Balaban J connectivity index is 2.23. The van der Waals surface area contributed by atoms with Gasteiger partial charge in [-0.3, -0.25) is 0 Å². The van der Waals surface area contributed by atoms with Gasteiger partial charge < -0.3 is 10.2 Å². The van der Waals surface area contributed by atoms with Gasteiger partial charge in [0.2, 0.25) is 5.95 Å². The summed E-state index contributed by atoms with van der Waals surface area (Å²) in [6.45, 7) is 11.4. The van der Waals surface area contributed by atoms with Crippen molar-refractivity contribution >= 4 is 5.95 Å². The molecular weight excluding hydrogens is 200 g/mol. The number of hydrogen-bond acceptors (Lipinski definition) is 4. The second-order valence-corrected chi connectivity index (χ2v) is 5.18. The Kier molecular flexibility index (Phi) is 2.84. The van der Waals surface area contributed by atoms with E-state index in [4.69, 9.17) is 0 Å². The van der Waals surface area contributed by atoms with Gasteiger partial charge in [0.1, 0.15) is 0 Å². The van der Waals surface area contributed by atoms with E-state index < -0.39 is 0 Å². The van der Waals surface area contributed by atoms with Gasteiger partial charge in [0.25, 0.3) is 0 Å². The maximum Gasteiger partial charge on any atom is 0.225 e. The Bertz CT molecular complexity index is 366. The van der Waals surface area contributed by atoms with E-state index >= 15 is 0 Å². The molecule has 0 atom stereocenters. The number of anilines is 1. The molecule has 0 bridgehead atoms. The molecule has 0 aliphatic carbocycles. The molecule has 2 rings (SSSR count). The van der Waals surface area contributed by atoms with Crippen LogP contribution in [0.2, 0.25) is 0 Å². The fraction of sp³-hybridized carbons (Fsp3) is 0.667. The summed E-state index contributed by atoms with van der Waals surface area (Å²) in [4.78, 5) is 11.3. The van der Waals surface area contributed by atoms with E-state index in [2.05, 4.69) is 34.0 Å². The normalized spacial score (nSPS) is 19.9. The topological polar surface area (TPSA) is 41.1 Å². The maximum atomic E-state index is 4.51. The monoisotopic (exact) mass is 220 g/mol. The number of hydrogen-bond donors (Lipinski definition) is 1. The molecule has 1 saturated heterocycles. The van der Waals surface area contributed by atoms with Crippen molar-refractivity contribution in [1.29, 1.82) is 0 Å². The maximum absolute atomic E-state index is 4.51. The first-order valence-electron chi connectivity index (χ1n) is 5.78. The van der Waals surface area contributed by atoms with Crippen LogP contribution in [0.1, 0.15) is 25.2 Å². The number of piperazine rings is 1. The Morgan fingerprint density at radius 2 is 1.88 bits per heavy atom. The Hall–Kier alpha value is -1.16. The molecule has 1 N–H and O–H groups in total. The van der Waals surface area contributed by atoms with E-state index in [9.17, 15) is 0 Å². The third-order valence-corrected chi connectivity index (χ3v) is 2.82. The van der Waals surface area contributed by atoms with Crippen LogP contribution in [-0.4, -0.2) is 35.1 Å². The molecule has 1 fully saturated rings. The highest BCUT2D eigenvalue weighted by molar-refractivity contribution is 5.34. The summed E-state index contributed by atoms with van der Waals surface area (Å²) >= 11 is 0. The van der Waals surface area contributed by atoms with Crippen LogP contribution >= 0.6 is 0 Å². The van der Waals surface area contributed by atoms with Crippen LogP contribution in [0, 0.1) is 13.8 Å². The van der Waals surface area contributed by atoms with Crippen LogP contribution in [0.25, 0.3) is 0 Å². The Morgan fingerprint density at radius 1 is 1.25 bits per heavy atom. The van der Waals surface area contributed by atoms with Gasteiger partial charge in [-0.2, -0.15) is 0 Å². The molecule has 1 aliphatic heterocycles. The van der Waals surface area contributed by atoms with E-state index in [0.29, 0.717) is 0 Å². The first kappa shape index (κ1) is 11.3. The average Bonchev–Trinajstić information content (AvgIpc) is 2.14. The van der Waals surface area contributed by atoms with Gasteiger partial charge in [-0.25, -0.2) is 9.97 Å². The molecule has 1 aromatic heterocycles. The summed E-state index contributed by atoms with van der Waals surface area (Å²) in [5.41, 5.74) is 2.22. The molecule has 0 unspecified atom stereocenters. The lowest BCUT2D eigenvalue weighted by atomic mass is 10.0. The van der Waals surface area contributed by atoms with Gasteiger partial charge in [0, 0.05) is 36.6 Å². The summed E-state index contributed by atoms with van der Waals surface area (Å²) in [6.07, 6.45) is 0. The van der Waals surface area contributed by atoms with Gasteiger partial charge in [-0.15, -0.1) is 0 Å². The zero-order valence-electron chi connectivity index (χ0n) is 10.5. The molecular formula is C12H20N4. The van der Waals surface area contributed by atoms with Crippen molar-refractivity contribution in [2.24, 2.45) is 0 Å². The van der Waals surface area contributed by atoms with E-state index in [1.54, 1.807) is 0 Å². The molecule has 4 heteroatoms. The third-order valence-electron chi connectivity index (χ3n) is 2.82. The molecule has 0 aromatic carbocycles. The van der Waals surface area contributed by atoms with Crippen molar-refractivity contribution in [1.82, 2.24) is 15.3 Å². The summed E-state index contributed by atoms with van der Waals surface area (Å²) < 4.78 is 0. The first-order valence-corrected chi connectivity index (χ1v) is 5.78. The van der Waals surface area contributed by atoms with Crippen LogP contribution < -0.4 is 10.2 Å². The molecule has 1 aliphatic rings. The summed E-state index contributed by atoms with van der Waals surface area (Å²) in [6, 6.07) is 2.01. The van der Waals surface area contributed by atoms with Crippen LogP contribution in [0.5, 0.6) is 0 Å². The smallest absolute Gasteiger partial charge is 0.225 e. The van der Waals surface area contributed by atoms with Crippen LogP contribution in [0.4, 0.5) is 5.95 Å². The second-order valence-electron chi connectivity index (χ2n) is 5.18. The number of aryl methyl sites for hydroxylation is 2. The average molecular weight is 220 g/mol. The summed E-state index contributed by atoms with van der Waals surface area (Å²) in [7, 11) is 0. The minimum absolute atomic E-state index is 0.138. The standard InChI is InChI=1S/C12H20N4/c1-9-7-10(2)15-11(14-9)16-6-5-13-12(3,4)8-16/h7,13H,5-6,8H2,1-4H3. The molecule has 1 aromatic rings. The molecule has 88 valence electrons. The Labute approximate surface area is 97.1 Å². The van der Waals surface area contributed by atoms with Crippen LogP contribution in [-0.2, 0) is 0 Å². The number of nitrogens with zero attached hydrogens (tertiary/aromatic N) is 3. The van der Waals surface area contributed by atoms with E-state index in [-0.39, 0.29) is 5.54 Å². The van der Waals surface area contributed by atoms with Crippen LogP contribution in [0.15, 0.2) is 6.07 Å². The number of aromatic nitrogens is 2. The molecule has 0 spiro atoms. The fourth-order valence-corrected chi connectivity index (χ4v) is 2.16. The van der Waals surface area contributed by atoms with E-state index in [1.807, 2.05) is 19.9 Å². The largest absolute Gasteiger partial charge is 0.338 e. The highest BCUT2D eigenvalue weighted by atomic mass is 15.3. The molecule has 0 saturated carbocycles. The zero-order valence-corrected chi connectivity index (χ0v) is 10.5. The lowest BCUT2D eigenvalue weighted by Crippen LogP contribution is -2.57. The summed E-state index contributed by atoms with van der Waals surface area (Å²) in [5, 5.41) is 3.49. The molecule has 2 heterocycles. The first-order chi connectivity index (χ1) is 7.46.